The van der Waals surface area contributed by atoms with Gasteiger partial charge in [0, 0.05) is 11.6 Å². The number of nitriles is 1. The van der Waals surface area contributed by atoms with Crippen molar-refractivity contribution >= 4 is 5.97 Å². The maximum absolute atomic E-state index is 14.4. The highest BCUT2D eigenvalue weighted by atomic mass is 19.4. The lowest BCUT2D eigenvalue weighted by atomic mass is 9.98. The number of halogens is 5. The third kappa shape index (κ3) is 5.47. The van der Waals surface area contributed by atoms with Gasteiger partial charge < -0.3 is 9.67 Å². The van der Waals surface area contributed by atoms with E-state index in [2.05, 4.69) is 0 Å². The van der Waals surface area contributed by atoms with Crippen LogP contribution in [0.15, 0.2) is 77.6 Å². The van der Waals surface area contributed by atoms with E-state index in [4.69, 9.17) is 5.11 Å². The Bertz CT molecular complexity index is 1630. The molecule has 0 fully saturated rings. The molecule has 0 unspecified atom stereocenters. The van der Waals surface area contributed by atoms with Crippen LogP contribution in [0.3, 0.4) is 0 Å². The SMILES string of the molecule is N#Cc1c(C(F)(F)F)cc(-c2cccc(-c3ccc(CC(=O)O)cc3)c2)n(Cc2ccc(F)cc2F)c1=O. The predicted molar refractivity (Wildman–Crippen MR) is 128 cm³/mol. The molecule has 192 valence electrons. The van der Waals surface area contributed by atoms with E-state index in [9.17, 15) is 36.8 Å². The van der Waals surface area contributed by atoms with Gasteiger partial charge in [-0.25, -0.2) is 8.78 Å². The van der Waals surface area contributed by atoms with Crippen LogP contribution < -0.4 is 5.56 Å². The van der Waals surface area contributed by atoms with Crippen molar-refractivity contribution in [3.63, 3.8) is 0 Å². The zero-order chi connectivity index (χ0) is 27.6. The molecular weight excluding hydrogens is 507 g/mol. The van der Waals surface area contributed by atoms with Crippen LogP contribution in [0.4, 0.5) is 22.0 Å². The first-order valence-electron chi connectivity index (χ1n) is 11.1. The van der Waals surface area contributed by atoms with Crippen molar-refractivity contribution in [3.8, 4) is 28.5 Å². The number of hydrogen-bond donors (Lipinski definition) is 1. The lowest BCUT2D eigenvalue weighted by Gasteiger charge is -2.18. The van der Waals surface area contributed by atoms with Crippen molar-refractivity contribution in [1.82, 2.24) is 4.57 Å². The van der Waals surface area contributed by atoms with E-state index in [1.165, 1.54) is 18.2 Å². The smallest absolute Gasteiger partial charge is 0.417 e. The first kappa shape index (κ1) is 26.3. The molecule has 0 saturated heterocycles. The predicted octanol–water partition coefficient (Wildman–Crippen LogP) is 6.03. The van der Waals surface area contributed by atoms with Crippen molar-refractivity contribution in [2.75, 3.05) is 0 Å². The molecule has 0 aliphatic heterocycles. The highest BCUT2D eigenvalue weighted by molar-refractivity contribution is 5.74. The molecule has 0 atom stereocenters. The van der Waals surface area contributed by atoms with Crippen molar-refractivity contribution in [1.29, 1.82) is 5.26 Å². The van der Waals surface area contributed by atoms with Gasteiger partial charge in [0.25, 0.3) is 5.56 Å². The summed E-state index contributed by atoms with van der Waals surface area (Å²) in [7, 11) is 0. The highest BCUT2D eigenvalue weighted by Gasteiger charge is 2.36. The van der Waals surface area contributed by atoms with Crippen LogP contribution in [0.25, 0.3) is 22.4 Å². The van der Waals surface area contributed by atoms with Gasteiger partial charge >= 0.3 is 12.1 Å². The maximum Gasteiger partial charge on any atom is 0.417 e. The van der Waals surface area contributed by atoms with Gasteiger partial charge in [-0.2, -0.15) is 18.4 Å². The molecule has 1 aromatic heterocycles. The Morgan fingerprint density at radius 2 is 1.61 bits per heavy atom. The van der Waals surface area contributed by atoms with E-state index >= 15 is 0 Å². The number of rotatable bonds is 6. The van der Waals surface area contributed by atoms with Gasteiger partial charge in [0.1, 0.15) is 23.3 Å². The van der Waals surface area contributed by atoms with E-state index in [-0.39, 0.29) is 23.2 Å². The van der Waals surface area contributed by atoms with Crippen molar-refractivity contribution < 1.29 is 31.9 Å². The van der Waals surface area contributed by atoms with E-state index in [0.29, 0.717) is 28.8 Å². The Balaban J connectivity index is 1.90. The Hall–Kier alpha value is -4.78. The summed E-state index contributed by atoms with van der Waals surface area (Å²) < 4.78 is 70.1. The third-order valence-corrected chi connectivity index (χ3v) is 5.86. The van der Waals surface area contributed by atoms with E-state index in [1.54, 1.807) is 36.4 Å². The Kier molecular flexibility index (Phi) is 7.12. The number of carboxylic acid groups (broad SMARTS) is 1. The number of carboxylic acids is 1. The van der Waals surface area contributed by atoms with Gasteiger partial charge in [-0.3, -0.25) is 9.59 Å². The lowest BCUT2D eigenvalue weighted by molar-refractivity contribution is -0.138. The Morgan fingerprint density at radius 3 is 2.21 bits per heavy atom. The second-order valence-electron chi connectivity index (χ2n) is 8.40. The Morgan fingerprint density at radius 1 is 0.921 bits per heavy atom. The summed E-state index contributed by atoms with van der Waals surface area (Å²) in [6, 6.07) is 17.3. The Labute approximate surface area is 212 Å². The fraction of sp³-hybridized carbons (Fsp3) is 0.107. The second-order valence-corrected chi connectivity index (χ2v) is 8.40. The first-order chi connectivity index (χ1) is 18.0. The molecule has 3 aromatic carbocycles. The van der Waals surface area contributed by atoms with Crippen LogP contribution >= 0.6 is 0 Å². The van der Waals surface area contributed by atoms with Crippen molar-refractivity contribution in [3.05, 3.63) is 117 Å². The quantitative estimate of drug-likeness (QED) is 0.313. The van der Waals surface area contributed by atoms with Gasteiger partial charge in [-0.15, -0.1) is 0 Å². The zero-order valence-electron chi connectivity index (χ0n) is 19.4. The minimum Gasteiger partial charge on any atom is -0.481 e. The summed E-state index contributed by atoms with van der Waals surface area (Å²) in [5.74, 6) is -2.88. The lowest BCUT2D eigenvalue weighted by Crippen LogP contribution is -2.29. The van der Waals surface area contributed by atoms with Crippen molar-refractivity contribution in [2.24, 2.45) is 0 Å². The van der Waals surface area contributed by atoms with Crippen molar-refractivity contribution in [2.45, 2.75) is 19.1 Å². The summed E-state index contributed by atoms with van der Waals surface area (Å²) in [6.07, 6.45) is -5.20. The molecule has 0 saturated carbocycles. The largest absolute Gasteiger partial charge is 0.481 e. The number of aliphatic carboxylic acids is 1. The van der Waals surface area contributed by atoms with Gasteiger partial charge in [-0.05, 0) is 40.5 Å². The van der Waals surface area contributed by atoms with Gasteiger partial charge in [0.2, 0.25) is 0 Å². The fourth-order valence-corrected chi connectivity index (χ4v) is 4.04. The number of hydrogen-bond acceptors (Lipinski definition) is 3. The van der Waals surface area contributed by atoms with Crippen LogP contribution in [-0.4, -0.2) is 15.6 Å². The van der Waals surface area contributed by atoms with Crippen LogP contribution in [0.5, 0.6) is 0 Å². The summed E-state index contributed by atoms with van der Waals surface area (Å²) in [5.41, 5.74) is -2.34. The van der Waals surface area contributed by atoms with Crippen LogP contribution in [-0.2, 0) is 23.9 Å². The maximum atomic E-state index is 14.4. The first-order valence-corrected chi connectivity index (χ1v) is 11.1. The van der Waals surface area contributed by atoms with E-state index < -0.39 is 47.0 Å². The molecule has 10 heteroatoms. The molecule has 4 aromatic rings. The van der Waals surface area contributed by atoms with E-state index in [1.807, 2.05) is 0 Å². The summed E-state index contributed by atoms with van der Waals surface area (Å²) in [5, 5.41) is 18.3. The summed E-state index contributed by atoms with van der Waals surface area (Å²) in [4.78, 5) is 24.0. The minimum absolute atomic E-state index is 0.163. The molecule has 1 N–H and O–H groups in total. The number of aromatic nitrogens is 1. The molecule has 1 heterocycles. The van der Waals surface area contributed by atoms with E-state index in [0.717, 1.165) is 16.7 Å². The number of pyridine rings is 1. The van der Waals surface area contributed by atoms with Gasteiger partial charge in [0.05, 0.1) is 24.2 Å². The molecule has 0 aliphatic carbocycles. The molecular formula is C28H17F5N2O3. The number of nitrogens with zero attached hydrogens (tertiary/aromatic N) is 2. The van der Waals surface area contributed by atoms with Crippen LogP contribution in [0, 0.1) is 23.0 Å². The monoisotopic (exact) mass is 524 g/mol. The molecule has 0 aliphatic rings. The molecule has 5 nitrogen and oxygen atoms in total. The molecule has 4 rings (SSSR count). The zero-order valence-corrected chi connectivity index (χ0v) is 19.4. The minimum atomic E-state index is -5.02. The molecule has 0 bridgehead atoms. The van der Waals surface area contributed by atoms with Gasteiger partial charge in [-0.1, -0.05) is 48.5 Å². The summed E-state index contributed by atoms with van der Waals surface area (Å²) in [6.45, 7) is -0.554. The second kappa shape index (κ2) is 10.3. The average Bonchev–Trinajstić information content (AvgIpc) is 2.86. The molecule has 0 radical (unpaired) electrons. The average molecular weight is 524 g/mol. The molecule has 0 amide bonds. The topological polar surface area (TPSA) is 83.1 Å². The normalized spacial score (nSPS) is 11.3. The molecule has 38 heavy (non-hydrogen) atoms. The highest BCUT2D eigenvalue weighted by Crippen LogP contribution is 2.35. The summed E-state index contributed by atoms with van der Waals surface area (Å²) >= 11 is 0. The molecule has 0 spiro atoms. The van der Waals surface area contributed by atoms with Crippen LogP contribution in [0.2, 0.25) is 0 Å². The van der Waals surface area contributed by atoms with Gasteiger partial charge in [0.15, 0.2) is 0 Å². The van der Waals surface area contributed by atoms with Crippen LogP contribution in [0.1, 0.15) is 22.3 Å². The standard InChI is InChI=1S/C28H17F5N2O3/c29-21-9-8-20(24(30)12-21)15-35-25(13-23(28(31,32)33)22(14-34)27(35)38)19-3-1-2-18(11-19)17-6-4-16(5-7-17)10-26(36)37/h1-9,11-13H,10,15H2,(H,36,37). The third-order valence-electron chi connectivity index (χ3n) is 5.86. The number of carbonyl (C=O) groups is 1. The number of benzene rings is 3. The number of alkyl halides is 3. The fourth-order valence-electron chi connectivity index (χ4n) is 4.04.